The fourth-order valence-corrected chi connectivity index (χ4v) is 1.80. The molecule has 0 radical (unpaired) electrons. The maximum Gasteiger partial charge on any atom is 0.337 e. The van der Waals surface area contributed by atoms with Gasteiger partial charge in [0, 0.05) is 24.8 Å². The molecule has 0 saturated carbocycles. The van der Waals surface area contributed by atoms with E-state index in [9.17, 15) is 4.79 Å². The van der Waals surface area contributed by atoms with E-state index in [0.717, 1.165) is 18.8 Å². The minimum atomic E-state index is -0.289. The lowest BCUT2D eigenvalue weighted by molar-refractivity contribution is 0.0601. The number of benzene rings is 1. The number of esters is 1. The van der Waals surface area contributed by atoms with Crippen molar-refractivity contribution < 1.29 is 9.53 Å². The highest BCUT2D eigenvalue weighted by molar-refractivity contribution is 5.89. The van der Waals surface area contributed by atoms with Gasteiger partial charge in [0.2, 0.25) is 0 Å². The number of carbonyl (C=O) groups is 1. The molecule has 2 rings (SSSR count). The van der Waals surface area contributed by atoms with Gasteiger partial charge in [0.05, 0.1) is 12.7 Å². The van der Waals surface area contributed by atoms with E-state index < -0.39 is 0 Å². The van der Waals surface area contributed by atoms with Crippen LogP contribution in [0, 0.1) is 0 Å². The van der Waals surface area contributed by atoms with Crippen molar-refractivity contribution in [3.8, 4) is 0 Å². The number of nitrogens with zero attached hydrogens (tertiary/aromatic N) is 1. The summed E-state index contributed by atoms with van der Waals surface area (Å²) in [4.78, 5) is 13.5. The summed E-state index contributed by atoms with van der Waals surface area (Å²) in [5.41, 5.74) is 1.75. The molecular weight excluding hydrogens is 204 g/mol. The highest BCUT2D eigenvalue weighted by atomic mass is 16.5. The van der Waals surface area contributed by atoms with Gasteiger partial charge in [0.25, 0.3) is 0 Å². The number of ether oxygens (including phenoxy) is 1. The van der Waals surface area contributed by atoms with Gasteiger partial charge in [-0.2, -0.15) is 0 Å². The lowest BCUT2D eigenvalue weighted by Crippen LogP contribution is -2.57. The lowest BCUT2D eigenvalue weighted by Gasteiger charge is -2.40. The smallest absolute Gasteiger partial charge is 0.337 e. The van der Waals surface area contributed by atoms with Gasteiger partial charge < -0.3 is 15.0 Å². The molecule has 1 heterocycles. The Morgan fingerprint density at radius 2 is 2.00 bits per heavy atom. The average molecular weight is 220 g/mol. The molecule has 4 nitrogen and oxygen atoms in total. The first-order chi connectivity index (χ1) is 7.74. The van der Waals surface area contributed by atoms with Crippen molar-refractivity contribution in [1.29, 1.82) is 0 Å². The standard InChI is InChI=1S/C12H16N2O2/c1-13-10-7-14(8-10)11-5-3-9(4-6-11)12(15)16-2/h3-6,10,13H,7-8H2,1-2H3. The number of likely N-dealkylation sites (N-methyl/N-ethyl adjacent to an activating group) is 1. The minimum absolute atomic E-state index is 0.289. The summed E-state index contributed by atoms with van der Waals surface area (Å²) in [7, 11) is 3.37. The first kappa shape index (κ1) is 11.0. The van der Waals surface area contributed by atoms with Crippen molar-refractivity contribution in [3.05, 3.63) is 29.8 Å². The SMILES string of the molecule is CNC1CN(c2ccc(C(=O)OC)cc2)C1. The molecular formula is C12H16N2O2. The van der Waals surface area contributed by atoms with Crippen LogP contribution < -0.4 is 10.2 Å². The van der Waals surface area contributed by atoms with Crippen LogP contribution in [0.5, 0.6) is 0 Å². The molecule has 1 N–H and O–H groups in total. The quantitative estimate of drug-likeness (QED) is 0.768. The molecule has 1 aromatic rings. The normalized spacial score (nSPS) is 15.8. The lowest BCUT2D eigenvalue weighted by atomic mass is 10.1. The number of methoxy groups -OCH3 is 1. The van der Waals surface area contributed by atoms with Crippen LogP contribution in [0.4, 0.5) is 5.69 Å². The summed E-state index contributed by atoms with van der Waals surface area (Å²) in [6, 6.07) is 8.10. The van der Waals surface area contributed by atoms with Gasteiger partial charge in [0.15, 0.2) is 0 Å². The average Bonchev–Trinajstić information content (AvgIpc) is 2.27. The molecule has 16 heavy (non-hydrogen) atoms. The van der Waals surface area contributed by atoms with Gasteiger partial charge in [0.1, 0.15) is 0 Å². The topological polar surface area (TPSA) is 41.6 Å². The maximum atomic E-state index is 11.2. The monoisotopic (exact) mass is 220 g/mol. The second kappa shape index (κ2) is 4.53. The van der Waals surface area contributed by atoms with Crippen LogP contribution in [0.15, 0.2) is 24.3 Å². The van der Waals surface area contributed by atoms with Gasteiger partial charge in [-0.05, 0) is 31.3 Å². The predicted octanol–water partition coefficient (Wildman–Crippen LogP) is 0.881. The molecule has 1 aliphatic heterocycles. The summed E-state index contributed by atoms with van der Waals surface area (Å²) < 4.78 is 4.65. The predicted molar refractivity (Wildman–Crippen MR) is 62.8 cm³/mol. The first-order valence-corrected chi connectivity index (χ1v) is 5.35. The van der Waals surface area contributed by atoms with E-state index in [1.54, 1.807) is 12.1 Å². The molecule has 0 spiro atoms. The Bertz CT molecular complexity index is 369. The molecule has 4 heteroatoms. The van der Waals surface area contributed by atoms with E-state index in [1.165, 1.54) is 7.11 Å². The van der Waals surface area contributed by atoms with E-state index in [2.05, 4.69) is 15.0 Å². The van der Waals surface area contributed by atoms with E-state index in [4.69, 9.17) is 0 Å². The molecule has 0 atom stereocenters. The third-order valence-electron chi connectivity index (χ3n) is 2.94. The van der Waals surface area contributed by atoms with Crippen LogP contribution in [-0.4, -0.2) is 39.3 Å². The molecule has 0 unspecified atom stereocenters. The Labute approximate surface area is 95.2 Å². The second-order valence-electron chi connectivity index (χ2n) is 3.93. The van der Waals surface area contributed by atoms with Crippen LogP contribution >= 0.6 is 0 Å². The zero-order valence-corrected chi connectivity index (χ0v) is 9.56. The largest absolute Gasteiger partial charge is 0.465 e. The second-order valence-corrected chi connectivity index (χ2v) is 3.93. The minimum Gasteiger partial charge on any atom is -0.465 e. The van der Waals surface area contributed by atoms with Gasteiger partial charge in [-0.1, -0.05) is 0 Å². The van der Waals surface area contributed by atoms with E-state index in [0.29, 0.717) is 11.6 Å². The molecule has 0 aromatic heterocycles. The molecule has 1 fully saturated rings. The molecule has 0 aliphatic carbocycles. The molecule has 0 bridgehead atoms. The molecule has 1 aromatic carbocycles. The van der Waals surface area contributed by atoms with Crippen molar-refractivity contribution in [3.63, 3.8) is 0 Å². The Kier molecular flexibility index (Phi) is 3.10. The van der Waals surface area contributed by atoms with E-state index >= 15 is 0 Å². The van der Waals surface area contributed by atoms with Gasteiger partial charge in [-0.3, -0.25) is 0 Å². The van der Waals surface area contributed by atoms with Crippen molar-refractivity contribution >= 4 is 11.7 Å². The summed E-state index contributed by atoms with van der Waals surface area (Å²) in [6.45, 7) is 2.04. The Morgan fingerprint density at radius 3 is 2.50 bits per heavy atom. The molecule has 0 amide bonds. The van der Waals surface area contributed by atoms with Crippen molar-refractivity contribution in [2.75, 3.05) is 32.1 Å². The Hall–Kier alpha value is -1.55. The third-order valence-corrected chi connectivity index (χ3v) is 2.94. The van der Waals surface area contributed by atoms with Crippen LogP contribution in [0.2, 0.25) is 0 Å². The highest BCUT2D eigenvalue weighted by Crippen LogP contribution is 2.21. The zero-order valence-electron chi connectivity index (χ0n) is 9.56. The first-order valence-electron chi connectivity index (χ1n) is 5.35. The molecule has 1 aliphatic rings. The fourth-order valence-electron chi connectivity index (χ4n) is 1.80. The van der Waals surface area contributed by atoms with Crippen LogP contribution in [0.1, 0.15) is 10.4 Å². The number of hydrogen-bond acceptors (Lipinski definition) is 4. The summed E-state index contributed by atoms with van der Waals surface area (Å²) >= 11 is 0. The third kappa shape index (κ3) is 2.02. The summed E-state index contributed by atoms with van der Waals surface area (Å²) in [5, 5.41) is 3.22. The zero-order chi connectivity index (χ0) is 11.5. The van der Waals surface area contributed by atoms with E-state index in [1.807, 2.05) is 19.2 Å². The summed E-state index contributed by atoms with van der Waals surface area (Å²) in [5.74, 6) is -0.289. The number of anilines is 1. The maximum absolute atomic E-state index is 11.2. The van der Waals surface area contributed by atoms with Crippen molar-refractivity contribution in [2.45, 2.75) is 6.04 Å². The van der Waals surface area contributed by atoms with Crippen molar-refractivity contribution in [1.82, 2.24) is 5.32 Å². The van der Waals surface area contributed by atoms with Crippen LogP contribution in [0.25, 0.3) is 0 Å². The molecule has 86 valence electrons. The highest BCUT2D eigenvalue weighted by Gasteiger charge is 2.25. The molecule has 1 saturated heterocycles. The number of carbonyl (C=O) groups excluding carboxylic acids is 1. The fraction of sp³-hybridized carbons (Fsp3) is 0.417. The Morgan fingerprint density at radius 1 is 1.38 bits per heavy atom. The van der Waals surface area contributed by atoms with Crippen molar-refractivity contribution in [2.24, 2.45) is 0 Å². The van der Waals surface area contributed by atoms with E-state index in [-0.39, 0.29) is 5.97 Å². The van der Waals surface area contributed by atoms with Crippen LogP contribution in [0.3, 0.4) is 0 Å². The number of rotatable bonds is 3. The number of nitrogens with one attached hydrogen (secondary N) is 1. The van der Waals surface area contributed by atoms with Gasteiger partial charge in [-0.15, -0.1) is 0 Å². The van der Waals surface area contributed by atoms with Gasteiger partial charge >= 0.3 is 5.97 Å². The Balaban J connectivity index is 2.01. The van der Waals surface area contributed by atoms with Gasteiger partial charge in [-0.25, -0.2) is 4.79 Å². The van der Waals surface area contributed by atoms with Crippen LogP contribution in [-0.2, 0) is 4.74 Å². The number of hydrogen-bond donors (Lipinski definition) is 1. The summed E-state index contributed by atoms with van der Waals surface area (Å²) in [6.07, 6.45) is 0.